The fourth-order valence-corrected chi connectivity index (χ4v) is 4.14. The molecule has 0 bridgehead atoms. The minimum absolute atomic E-state index is 0.0725. The van der Waals surface area contributed by atoms with Crippen LogP contribution in [0.2, 0.25) is 5.15 Å². The van der Waals surface area contributed by atoms with E-state index in [2.05, 4.69) is 4.98 Å². The van der Waals surface area contributed by atoms with Gasteiger partial charge >= 0.3 is 6.09 Å². The monoisotopic (exact) mass is 439 g/mol. The Hall–Kier alpha value is -2.86. The van der Waals surface area contributed by atoms with Crippen molar-refractivity contribution >= 4 is 28.6 Å². The number of rotatable bonds is 3. The number of ether oxygens (including phenoxy) is 1. The van der Waals surface area contributed by atoms with Crippen molar-refractivity contribution in [3.05, 3.63) is 64.2 Å². The summed E-state index contributed by atoms with van der Waals surface area (Å²) in [4.78, 5) is 31.8. The second-order valence-corrected chi connectivity index (χ2v) is 9.37. The van der Waals surface area contributed by atoms with Crippen LogP contribution in [-0.4, -0.2) is 39.2 Å². The third-order valence-corrected chi connectivity index (χ3v) is 5.61. The van der Waals surface area contributed by atoms with Crippen molar-refractivity contribution in [2.75, 3.05) is 13.1 Å². The number of halogens is 1. The quantitative estimate of drug-likeness (QED) is 0.540. The Balaban J connectivity index is 1.67. The summed E-state index contributed by atoms with van der Waals surface area (Å²) < 4.78 is 7.27. The standard InChI is InChI=1S/C24H26ClN3O3/c1-24(2,3)31-23(30)27-10-9-16(14-27)15-28-20-12-21(25)26-13-18(20)11-19(22(28)29)17-7-5-4-6-8-17/h4-8,11-13,16H,9-10,14-15H2,1-3H3. The van der Waals surface area contributed by atoms with Crippen LogP contribution in [0.5, 0.6) is 0 Å². The topological polar surface area (TPSA) is 64.4 Å². The number of fused-ring (bicyclic) bond motifs is 1. The molecule has 1 amide bonds. The maximum atomic E-state index is 13.5. The molecule has 31 heavy (non-hydrogen) atoms. The number of carbonyl (C=O) groups excluding carboxylic acids is 1. The first-order chi connectivity index (χ1) is 14.7. The summed E-state index contributed by atoms with van der Waals surface area (Å²) in [6.07, 6.45) is 2.20. The Morgan fingerprint density at radius 1 is 1.23 bits per heavy atom. The molecule has 1 aliphatic rings. The van der Waals surface area contributed by atoms with Crippen LogP contribution < -0.4 is 5.56 Å². The molecule has 3 aromatic rings. The number of nitrogens with zero attached hydrogens (tertiary/aromatic N) is 3. The zero-order valence-corrected chi connectivity index (χ0v) is 18.7. The molecule has 0 spiro atoms. The summed E-state index contributed by atoms with van der Waals surface area (Å²) in [5, 5.41) is 1.19. The Labute approximate surface area is 186 Å². The van der Waals surface area contributed by atoms with Crippen molar-refractivity contribution in [2.45, 2.75) is 39.3 Å². The molecule has 0 radical (unpaired) electrons. The molecule has 6 nitrogen and oxygen atoms in total. The number of carbonyl (C=O) groups is 1. The van der Waals surface area contributed by atoms with Crippen molar-refractivity contribution in [2.24, 2.45) is 5.92 Å². The molecule has 2 aromatic heterocycles. The maximum absolute atomic E-state index is 13.5. The number of hydrogen-bond donors (Lipinski definition) is 0. The van der Waals surface area contributed by atoms with Gasteiger partial charge in [-0.05, 0) is 50.8 Å². The number of pyridine rings is 2. The van der Waals surface area contributed by atoms with Crippen LogP contribution in [0.1, 0.15) is 27.2 Å². The fraction of sp³-hybridized carbons (Fsp3) is 0.375. The van der Waals surface area contributed by atoms with Crippen LogP contribution in [0.4, 0.5) is 4.79 Å². The molecular formula is C24H26ClN3O3. The first kappa shape index (κ1) is 21.4. The molecule has 3 heterocycles. The minimum atomic E-state index is -0.532. The highest BCUT2D eigenvalue weighted by Gasteiger charge is 2.30. The summed E-state index contributed by atoms with van der Waals surface area (Å²) in [5.74, 6) is 0.145. The molecule has 1 saturated heterocycles. The Kier molecular flexibility index (Phi) is 5.75. The third-order valence-electron chi connectivity index (χ3n) is 5.41. The lowest BCUT2D eigenvalue weighted by Crippen LogP contribution is -2.36. The van der Waals surface area contributed by atoms with Gasteiger partial charge in [-0.3, -0.25) is 4.79 Å². The summed E-state index contributed by atoms with van der Waals surface area (Å²) in [6, 6.07) is 13.2. The van der Waals surface area contributed by atoms with Crippen molar-refractivity contribution in [1.29, 1.82) is 0 Å². The number of aromatic nitrogens is 2. The fourth-order valence-electron chi connectivity index (χ4n) is 3.99. The van der Waals surface area contributed by atoms with E-state index in [1.54, 1.807) is 21.7 Å². The second-order valence-electron chi connectivity index (χ2n) is 8.99. The van der Waals surface area contributed by atoms with Gasteiger partial charge in [-0.15, -0.1) is 0 Å². The van der Waals surface area contributed by atoms with E-state index >= 15 is 0 Å². The van der Waals surface area contributed by atoms with E-state index in [0.717, 1.165) is 22.9 Å². The van der Waals surface area contributed by atoms with Crippen molar-refractivity contribution in [3.8, 4) is 11.1 Å². The highest BCUT2D eigenvalue weighted by Crippen LogP contribution is 2.26. The van der Waals surface area contributed by atoms with Crippen LogP contribution in [0, 0.1) is 5.92 Å². The van der Waals surface area contributed by atoms with E-state index in [-0.39, 0.29) is 17.6 Å². The van der Waals surface area contributed by atoms with Crippen LogP contribution >= 0.6 is 11.6 Å². The lowest BCUT2D eigenvalue weighted by molar-refractivity contribution is 0.0287. The number of amides is 1. The van der Waals surface area contributed by atoms with Gasteiger partial charge in [0.25, 0.3) is 5.56 Å². The first-order valence-electron chi connectivity index (χ1n) is 10.4. The lowest BCUT2D eigenvalue weighted by Gasteiger charge is -2.24. The van der Waals surface area contributed by atoms with Crippen LogP contribution in [0.15, 0.2) is 53.5 Å². The number of hydrogen-bond acceptors (Lipinski definition) is 4. The smallest absolute Gasteiger partial charge is 0.410 e. The molecule has 0 N–H and O–H groups in total. The van der Waals surface area contributed by atoms with Crippen LogP contribution in [0.3, 0.4) is 0 Å². The van der Waals surface area contributed by atoms with E-state index in [9.17, 15) is 9.59 Å². The molecule has 1 unspecified atom stereocenters. The molecule has 1 atom stereocenters. The van der Waals surface area contributed by atoms with Gasteiger partial charge in [-0.2, -0.15) is 0 Å². The first-order valence-corrected chi connectivity index (χ1v) is 10.8. The zero-order chi connectivity index (χ0) is 22.2. The van der Waals surface area contributed by atoms with Gasteiger partial charge in [0.05, 0.1) is 5.52 Å². The summed E-state index contributed by atoms with van der Waals surface area (Å²) in [6.45, 7) is 7.24. The Morgan fingerprint density at radius 2 is 1.97 bits per heavy atom. The molecule has 162 valence electrons. The Bertz CT molecular complexity index is 1170. The van der Waals surface area contributed by atoms with Crippen LogP contribution in [0.25, 0.3) is 22.0 Å². The molecule has 0 saturated carbocycles. The van der Waals surface area contributed by atoms with E-state index in [0.29, 0.717) is 30.4 Å². The SMILES string of the molecule is CC(C)(C)OC(=O)N1CCC(Cn2c(=O)c(-c3ccccc3)cc3cnc(Cl)cc32)C1. The van der Waals surface area contributed by atoms with Gasteiger partial charge in [-0.25, -0.2) is 9.78 Å². The molecule has 1 fully saturated rings. The maximum Gasteiger partial charge on any atom is 0.410 e. The summed E-state index contributed by atoms with van der Waals surface area (Å²) >= 11 is 6.15. The third kappa shape index (κ3) is 4.74. The molecule has 4 rings (SSSR count). The zero-order valence-electron chi connectivity index (χ0n) is 18.0. The number of likely N-dealkylation sites (tertiary alicyclic amines) is 1. The molecule has 0 aliphatic carbocycles. The Morgan fingerprint density at radius 3 is 2.68 bits per heavy atom. The predicted molar refractivity (Wildman–Crippen MR) is 122 cm³/mol. The van der Waals surface area contributed by atoms with E-state index in [1.165, 1.54) is 0 Å². The average molecular weight is 440 g/mol. The highest BCUT2D eigenvalue weighted by molar-refractivity contribution is 6.30. The van der Waals surface area contributed by atoms with Gasteiger partial charge in [0.1, 0.15) is 10.8 Å². The molecule has 7 heteroatoms. The summed E-state index contributed by atoms with van der Waals surface area (Å²) in [7, 11) is 0. The molecule has 1 aromatic carbocycles. The largest absolute Gasteiger partial charge is 0.444 e. The minimum Gasteiger partial charge on any atom is -0.444 e. The predicted octanol–water partition coefficient (Wildman–Crippen LogP) is 4.97. The normalized spacial score (nSPS) is 16.6. The van der Waals surface area contributed by atoms with E-state index < -0.39 is 5.60 Å². The molecule has 1 aliphatic heterocycles. The van der Waals surface area contributed by atoms with E-state index in [1.807, 2.05) is 57.2 Å². The lowest BCUT2D eigenvalue weighted by atomic mass is 10.0. The molecular weight excluding hydrogens is 414 g/mol. The van der Waals surface area contributed by atoms with Crippen LogP contribution in [-0.2, 0) is 11.3 Å². The summed E-state index contributed by atoms with van der Waals surface area (Å²) in [5.41, 5.74) is 1.63. The number of benzene rings is 1. The average Bonchev–Trinajstić information content (AvgIpc) is 3.18. The second kappa shape index (κ2) is 8.35. The van der Waals surface area contributed by atoms with Crippen molar-refractivity contribution in [3.63, 3.8) is 0 Å². The van der Waals surface area contributed by atoms with E-state index in [4.69, 9.17) is 16.3 Å². The van der Waals surface area contributed by atoms with Crippen molar-refractivity contribution in [1.82, 2.24) is 14.5 Å². The van der Waals surface area contributed by atoms with Crippen molar-refractivity contribution < 1.29 is 9.53 Å². The van der Waals surface area contributed by atoms with Gasteiger partial charge in [0, 0.05) is 36.8 Å². The van der Waals surface area contributed by atoms with Gasteiger partial charge < -0.3 is 14.2 Å². The van der Waals surface area contributed by atoms with Gasteiger partial charge in [0.15, 0.2) is 0 Å². The highest BCUT2D eigenvalue weighted by atomic mass is 35.5. The van der Waals surface area contributed by atoms with Gasteiger partial charge in [-0.1, -0.05) is 41.9 Å². The van der Waals surface area contributed by atoms with Gasteiger partial charge in [0.2, 0.25) is 0 Å².